The fourth-order valence-corrected chi connectivity index (χ4v) is 1.97. The zero-order chi connectivity index (χ0) is 11.9. The third kappa shape index (κ3) is 3.86. The first kappa shape index (κ1) is 13.1. The number of carbonyl (C=O) groups excluding carboxylic acids is 1. The van der Waals surface area contributed by atoms with Crippen LogP contribution in [0.25, 0.3) is 0 Å². The summed E-state index contributed by atoms with van der Waals surface area (Å²) in [6.45, 7) is 4.70. The molecule has 1 saturated heterocycles. The summed E-state index contributed by atoms with van der Waals surface area (Å²) in [6, 6.07) is 0. The molecule has 0 aromatic carbocycles. The number of rotatable bonds is 5. The van der Waals surface area contributed by atoms with E-state index in [-0.39, 0.29) is 11.3 Å². The maximum Gasteiger partial charge on any atom is 0.226 e. The molecule has 1 aliphatic rings. The molecule has 0 unspecified atom stereocenters. The SMILES string of the molecule is C#CCCCCNC(=O)C1(C)CCNCC1. The normalized spacial score (nSPS) is 18.8. The van der Waals surface area contributed by atoms with E-state index in [1.165, 1.54) is 0 Å². The molecule has 1 rings (SSSR count). The highest BCUT2D eigenvalue weighted by molar-refractivity contribution is 5.82. The highest BCUT2D eigenvalue weighted by Crippen LogP contribution is 2.27. The van der Waals surface area contributed by atoms with Crippen molar-refractivity contribution in [3.8, 4) is 12.3 Å². The van der Waals surface area contributed by atoms with Gasteiger partial charge in [0, 0.05) is 18.4 Å². The van der Waals surface area contributed by atoms with Gasteiger partial charge in [0.2, 0.25) is 5.91 Å². The molecular weight excluding hydrogens is 200 g/mol. The Bertz CT molecular complexity index is 262. The molecule has 0 radical (unpaired) electrons. The van der Waals surface area contributed by atoms with Crippen molar-refractivity contribution in [1.82, 2.24) is 10.6 Å². The van der Waals surface area contributed by atoms with Crippen molar-refractivity contribution < 1.29 is 4.79 Å². The Kier molecular flexibility index (Phi) is 5.34. The van der Waals surface area contributed by atoms with Crippen molar-refractivity contribution in [2.24, 2.45) is 5.41 Å². The van der Waals surface area contributed by atoms with Crippen molar-refractivity contribution in [2.45, 2.75) is 39.0 Å². The summed E-state index contributed by atoms with van der Waals surface area (Å²) in [5.74, 6) is 2.81. The topological polar surface area (TPSA) is 41.1 Å². The van der Waals surface area contributed by atoms with E-state index in [2.05, 4.69) is 23.5 Å². The zero-order valence-corrected chi connectivity index (χ0v) is 10.1. The summed E-state index contributed by atoms with van der Waals surface area (Å²) in [7, 11) is 0. The van der Waals surface area contributed by atoms with Crippen LogP contribution in [-0.4, -0.2) is 25.5 Å². The number of hydrogen-bond acceptors (Lipinski definition) is 2. The first-order valence-corrected chi connectivity index (χ1v) is 6.11. The van der Waals surface area contributed by atoms with Gasteiger partial charge < -0.3 is 10.6 Å². The summed E-state index contributed by atoms with van der Waals surface area (Å²) in [5, 5.41) is 6.29. The van der Waals surface area contributed by atoms with Crippen LogP contribution in [0.2, 0.25) is 0 Å². The molecule has 1 amide bonds. The van der Waals surface area contributed by atoms with Crippen molar-refractivity contribution >= 4 is 5.91 Å². The molecule has 16 heavy (non-hydrogen) atoms. The molecule has 0 saturated carbocycles. The third-order valence-corrected chi connectivity index (χ3v) is 3.29. The van der Waals surface area contributed by atoms with Crippen LogP contribution in [0.1, 0.15) is 39.0 Å². The lowest BCUT2D eigenvalue weighted by molar-refractivity contribution is -0.131. The molecule has 3 heteroatoms. The highest BCUT2D eigenvalue weighted by atomic mass is 16.2. The van der Waals surface area contributed by atoms with Gasteiger partial charge in [-0.3, -0.25) is 4.79 Å². The lowest BCUT2D eigenvalue weighted by atomic mass is 9.80. The molecule has 1 aliphatic heterocycles. The quantitative estimate of drug-likeness (QED) is 0.544. The number of terminal acetylenes is 1. The Balaban J connectivity index is 2.21. The minimum Gasteiger partial charge on any atom is -0.356 e. The van der Waals surface area contributed by atoms with E-state index in [9.17, 15) is 4.79 Å². The molecular formula is C13H22N2O. The maximum absolute atomic E-state index is 12.0. The predicted molar refractivity (Wildman–Crippen MR) is 65.9 cm³/mol. The number of hydrogen-bond donors (Lipinski definition) is 2. The highest BCUT2D eigenvalue weighted by Gasteiger charge is 2.33. The number of amides is 1. The molecule has 0 aliphatic carbocycles. The number of nitrogens with one attached hydrogen (secondary N) is 2. The van der Waals surface area contributed by atoms with Gasteiger partial charge in [-0.15, -0.1) is 12.3 Å². The Morgan fingerprint density at radius 1 is 1.44 bits per heavy atom. The molecule has 3 nitrogen and oxygen atoms in total. The van der Waals surface area contributed by atoms with Gasteiger partial charge >= 0.3 is 0 Å². The van der Waals surface area contributed by atoms with Crippen molar-refractivity contribution in [1.29, 1.82) is 0 Å². The van der Waals surface area contributed by atoms with Gasteiger partial charge in [0.1, 0.15) is 0 Å². The summed E-state index contributed by atoms with van der Waals surface area (Å²) in [4.78, 5) is 12.0. The van der Waals surface area contributed by atoms with E-state index in [4.69, 9.17) is 6.42 Å². The van der Waals surface area contributed by atoms with Crippen molar-refractivity contribution in [2.75, 3.05) is 19.6 Å². The summed E-state index contributed by atoms with van der Waals surface area (Å²) < 4.78 is 0. The van der Waals surface area contributed by atoms with Crippen LogP contribution in [0.3, 0.4) is 0 Å². The van der Waals surface area contributed by atoms with E-state index in [1.807, 2.05) is 0 Å². The summed E-state index contributed by atoms with van der Waals surface area (Å²) in [5.41, 5.74) is -0.169. The van der Waals surface area contributed by atoms with E-state index >= 15 is 0 Å². The fraction of sp³-hybridized carbons (Fsp3) is 0.769. The average molecular weight is 222 g/mol. The number of carbonyl (C=O) groups is 1. The van der Waals surface area contributed by atoms with Crippen molar-refractivity contribution in [3.05, 3.63) is 0 Å². The Morgan fingerprint density at radius 2 is 2.12 bits per heavy atom. The van der Waals surface area contributed by atoms with Gasteiger partial charge in [-0.05, 0) is 38.8 Å². The Morgan fingerprint density at radius 3 is 2.75 bits per heavy atom. The lowest BCUT2D eigenvalue weighted by Crippen LogP contribution is -2.46. The monoisotopic (exact) mass is 222 g/mol. The molecule has 90 valence electrons. The first-order valence-electron chi connectivity index (χ1n) is 6.11. The van der Waals surface area contributed by atoms with Crippen LogP contribution in [0.4, 0.5) is 0 Å². The zero-order valence-electron chi connectivity index (χ0n) is 10.1. The fourth-order valence-electron chi connectivity index (χ4n) is 1.97. The number of unbranched alkanes of at least 4 members (excludes halogenated alkanes) is 2. The lowest BCUT2D eigenvalue weighted by Gasteiger charge is -2.32. The van der Waals surface area contributed by atoms with E-state index in [0.29, 0.717) is 0 Å². The second-order valence-corrected chi connectivity index (χ2v) is 4.73. The van der Waals surface area contributed by atoms with Crippen LogP contribution < -0.4 is 10.6 Å². The van der Waals surface area contributed by atoms with Gasteiger partial charge in [-0.1, -0.05) is 6.92 Å². The van der Waals surface area contributed by atoms with Crippen LogP contribution >= 0.6 is 0 Å². The summed E-state index contributed by atoms with van der Waals surface area (Å²) in [6.07, 6.45) is 9.81. The molecule has 0 aromatic rings. The summed E-state index contributed by atoms with van der Waals surface area (Å²) >= 11 is 0. The van der Waals surface area contributed by atoms with Crippen LogP contribution in [0.5, 0.6) is 0 Å². The average Bonchev–Trinajstić information content (AvgIpc) is 2.29. The maximum atomic E-state index is 12.0. The standard InChI is InChI=1S/C13H22N2O/c1-3-4-5-6-9-15-12(16)13(2)7-10-14-11-8-13/h1,14H,4-11H2,2H3,(H,15,16). The largest absolute Gasteiger partial charge is 0.356 e. The Hall–Kier alpha value is -1.01. The molecule has 0 bridgehead atoms. The molecule has 2 N–H and O–H groups in total. The number of piperidine rings is 1. The second-order valence-electron chi connectivity index (χ2n) is 4.73. The minimum absolute atomic E-state index is 0.169. The minimum atomic E-state index is -0.169. The van der Waals surface area contributed by atoms with Crippen LogP contribution in [0.15, 0.2) is 0 Å². The first-order chi connectivity index (χ1) is 7.69. The van der Waals surface area contributed by atoms with Gasteiger partial charge in [0.15, 0.2) is 0 Å². The Labute approximate surface area is 98.4 Å². The van der Waals surface area contributed by atoms with E-state index in [1.54, 1.807) is 0 Å². The second kappa shape index (κ2) is 6.55. The van der Waals surface area contributed by atoms with Crippen LogP contribution in [0, 0.1) is 17.8 Å². The predicted octanol–water partition coefficient (Wildman–Crippen LogP) is 1.30. The van der Waals surface area contributed by atoms with Gasteiger partial charge in [0.25, 0.3) is 0 Å². The van der Waals surface area contributed by atoms with Crippen molar-refractivity contribution in [3.63, 3.8) is 0 Å². The molecule has 0 atom stereocenters. The smallest absolute Gasteiger partial charge is 0.226 e. The van der Waals surface area contributed by atoms with E-state index < -0.39 is 0 Å². The molecule has 1 fully saturated rings. The van der Waals surface area contributed by atoms with Gasteiger partial charge in [-0.25, -0.2) is 0 Å². The molecule has 1 heterocycles. The third-order valence-electron chi connectivity index (χ3n) is 3.29. The van der Waals surface area contributed by atoms with E-state index in [0.717, 1.165) is 51.7 Å². The van der Waals surface area contributed by atoms with Crippen LogP contribution in [-0.2, 0) is 4.79 Å². The van der Waals surface area contributed by atoms with Gasteiger partial charge in [-0.2, -0.15) is 0 Å². The molecule has 0 spiro atoms. The molecule has 0 aromatic heterocycles. The van der Waals surface area contributed by atoms with Gasteiger partial charge in [0.05, 0.1) is 0 Å².